The Morgan fingerprint density at radius 1 is 1.33 bits per heavy atom. The zero-order valence-corrected chi connectivity index (χ0v) is 12.1. The van der Waals surface area contributed by atoms with Gasteiger partial charge in [0.2, 0.25) is 0 Å². The van der Waals surface area contributed by atoms with Crippen LogP contribution in [0.5, 0.6) is 0 Å². The standard InChI is InChI=1S/C16H13FN2OS/c17-13-8-9-19(11-13)16(20)14-10-18-15(21-14)7-6-12-4-2-1-3-5-12/h1-5,10,13H,8-9,11H2/t13-/m0/s1. The minimum absolute atomic E-state index is 0.152. The third-order valence-electron chi connectivity index (χ3n) is 3.22. The molecule has 0 spiro atoms. The number of amides is 1. The van der Waals surface area contributed by atoms with Crippen LogP contribution in [0.1, 0.15) is 26.7 Å². The number of alkyl halides is 1. The van der Waals surface area contributed by atoms with Crippen LogP contribution in [0, 0.1) is 11.8 Å². The summed E-state index contributed by atoms with van der Waals surface area (Å²) in [4.78, 5) is 18.4. The molecule has 0 unspecified atom stereocenters. The summed E-state index contributed by atoms with van der Waals surface area (Å²) < 4.78 is 13.1. The first-order valence-electron chi connectivity index (χ1n) is 6.68. The summed E-state index contributed by atoms with van der Waals surface area (Å²) in [6, 6.07) is 9.60. The second-order valence-electron chi connectivity index (χ2n) is 4.78. The number of halogens is 1. The quantitative estimate of drug-likeness (QED) is 0.759. The molecule has 106 valence electrons. The maximum absolute atomic E-state index is 13.1. The molecule has 0 radical (unpaired) electrons. The number of thiazole rings is 1. The highest BCUT2D eigenvalue weighted by Gasteiger charge is 2.27. The molecule has 0 saturated carbocycles. The molecule has 2 heterocycles. The average molecular weight is 300 g/mol. The highest BCUT2D eigenvalue weighted by molar-refractivity contribution is 7.14. The molecule has 3 nitrogen and oxygen atoms in total. The van der Waals surface area contributed by atoms with Crippen LogP contribution < -0.4 is 0 Å². The second kappa shape index (κ2) is 6.06. The minimum Gasteiger partial charge on any atom is -0.335 e. The molecule has 3 rings (SSSR count). The van der Waals surface area contributed by atoms with E-state index < -0.39 is 6.17 Å². The Morgan fingerprint density at radius 3 is 2.86 bits per heavy atom. The Labute approximate surface area is 126 Å². The summed E-state index contributed by atoms with van der Waals surface area (Å²) in [5.41, 5.74) is 0.903. The number of nitrogens with zero attached hydrogens (tertiary/aromatic N) is 2. The van der Waals surface area contributed by atoms with Crippen molar-refractivity contribution in [2.45, 2.75) is 12.6 Å². The molecule has 1 atom stereocenters. The fraction of sp³-hybridized carbons (Fsp3) is 0.250. The first kappa shape index (κ1) is 13.8. The summed E-state index contributed by atoms with van der Waals surface area (Å²) in [6.07, 6.45) is 1.04. The van der Waals surface area contributed by atoms with Crippen molar-refractivity contribution in [2.24, 2.45) is 0 Å². The Morgan fingerprint density at radius 2 is 2.14 bits per heavy atom. The van der Waals surface area contributed by atoms with Crippen LogP contribution in [0.25, 0.3) is 0 Å². The lowest BCUT2D eigenvalue weighted by Gasteiger charge is -2.12. The summed E-state index contributed by atoms with van der Waals surface area (Å²) in [6.45, 7) is 0.657. The van der Waals surface area contributed by atoms with Gasteiger partial charge in [0, 0.05) is 12.1 Å². The van der Waals surface area contributed by atoms with Crippen molar-refractivity contribution in [3.63, 3.8) is 0 Å². The maximum atomic E-state index is 13.1. The van der Waals surface area contributed by atoms with Crippen LogP contribution in [0.3, 0.4) is 0 Å². The lowest BCUT2D eigenvalue weighted by atomic mass is 10.2. The van der Waals surface area contributed by atoms with Gasteiger partial charge >= 0.3 is 0 Å². The number of hydrogen-bond donors (Lipinski definition) is 0. The van der Waals surface area contributed by atoms with E-state index in [1.165, 1.54) is 22.4 Å². The van der Waals surface area contributed by atoms with E-state index in [9.17, 15) is 9.18 Å². The fourth-order valence-corrected chi connectivity index (χ4v) is 2.87. The van der Waals surface area contributed by atoms with E-state index >= 15 is 0 Å². The number of carbonyl (C=O) groups is 1. The topological polar surface area (TPSA) is 33.2 Å². The highest BCUT2D eigenvalue weighted by Crippen LogP contribution is 2.19. The Balaban J connectivity index is 1.72. The Hall–Kier alpha value is -2.19. The van der Waals surface area contributed by atoms with Crippen molar-refractivity contribution in [1.29, 1.82) is 0 Å². The van der Waals surface area contributed by atoms with Crippen LogP contribution >= 0.6 is 11.3 Å². The largest absolute Gasteiger partial charge is 0.335 e. The van der Waals surface area contributed by atoms with Crippen molar-refractivity contribution < 1.29 is 9.18 Å². The van der Waals surface area contributed by atoms with Crippen molar-refractivity contribution in [2.75, 3.05) is 13.1 Å². The first-order chi connectivity index (χ1) is 10.2. The van der Waals surface area contributed by atoms with Crippen molar-refractivity contribution in [1.82, 2.24) is 9.88 Å². The van der Waals surface area contributed by atoms with Gasteiger partial charge in [0.15, 0.2) is 5.01 Å². The summed E-state index contributed by atoms with van der Waals surface area (Å²) in [7, 11) is 0. The predicted molar refractivity (Wildman–Crippen MR) is 80.0 cm³/mol. The van der Waals surface area contributed by atoms with E-state index in [-0.39, 0.29) is 12.5 Å². The third-order valence-corrected chi connectivity index (χ3v) is 4.12. The SMILES string of the molecule is O=C(c1cnc(C#Cc2ccccc2)s1)N1CC[C@H](F)C1. The van der Waals surface area contributed by atoms with Gasteiger partial charge in [-0.05, 0) is 24.5 Å². The molecule has 1 aromatic heterocycles. The lowest BCUT2D eigenvalue weighted by molar-refractivity contribution is 0.0787. The Bertz CT molecular complexity index is 702. The van der Waals surface area contributed by atoms with Crippen LogP contribution in [0.15, 0.2) is 36.5 Å². The van der Waals surface area contributed by atoms with Gasteiger partial charge in [-0.2, -0.15) is 0 Å². The molecule has 1 fully saturated rings. The molecular weight excluding hydrogens is 287 g/mol. The maximum Gasteiger partial charge on any atom is 0.265 e. The number of benzene rings is 1. The van der Waals surface area contributed by atoms with Crippen molar-refractivity contribution >= 4 is 17.2 Å². The predicted octanol–water partition coefficient (Wildman–Crippen LogP) is 2.73. The zero-order chi connectivity index (χ0) is 14.7. The molecule has 1 aliphatic heterocycles. The molecule has 1 amide bonds. The number of carbonyl (C=O) groups excluding carboxylic acids is 1. The molecule has 0 N–H and O–H groups in total. The molecule has 1 aliphatic rings. The molecule has 0 bridgehead atoms. The van der Waals surface area contributed by atoms with Crippen LogP contribution in [0.2, 0.25) is 0 Å². The monoisotopic (exact) mass is 300 g/mol. The van der Waals surface area contributed by atoms with E-state index in [1.807, 2.05) is 30.3 Å². The lowest BCUT2D eigenvalue weighted by Crippen LogP contribution is -2.28. The van der Waals surface area contributed by atoms with Gasteiger partial charge in [-0.1, -0.05) is 24.1 Å². The van der Waals surface area contributed by atoms with E-state index in [0.29, 0.717) is 22.9 Å². The summed E-state index contributed by atoms with van der Waals surface area (Å²) in [5, 5.41) is 0.596. The molecule has 2 aromatic rings. The van der Waals surface area contributed by atoms with E-state index in [0.717, 1.165) is 5.56 Å². The highest BCUT2D eigenvalue weighted by atomic mass is 32.1. The van der Waals surface area contributed by atoms with Crippen molar-refractivity contribution in [3.8, 4) is 11.8 Å². The third kappa shape index (κ3) is 3.29. The fourth-order valence-electron chi connectivity index (χ4n) is 2.14. The van der Waals surface area contributed by atoms with Gasteiger partial charge in [-0.15, -0.1) is 11.3 Å². The Kier molecular flexibility index (Phi) is 3.98. The van der Waals surface area contributed by atoms with Crippen molar-refractivity contribution in [3.05, 3.63) is 52.0 Å². The van der Waals surface area contributed by atoms with Gasteiger partial charge in [-0.3, -0.25) is 4.79 Å². The van der Waals surface area contributed by atoms with E-state index in [2.05, 4.69) is 16.8 Å². The smallest absolute Gasteiger partial charge is 0.265 e. The number of likely N-dealkylation sites (tertiary alicyclic amines) is 1. The summed E-state index contributed by atoms with van der Waals surface area (Å²) >= 11 is 1.25. The van der Waals surface area contributed by atoms with Gasteiger partial charge in [0.25, 0.3) is 5.91 Å². The van der Waals surface area contributed by atoms with Gasteiger partial charge < -0.3 is 4.90 Å². The van der Waals surface area contributed by atoms with Gasteiger partial charge in [0.05, 0.1) is 12.7 Å². The molecule has 0 aliphatic carbocycles. The van der Waals surface area contributed by atoms with Crippen LogP contribution in [0.4, 0.5) is 4.39 Å². The van der Waals surface area contributed by atoms with E-state index in [1.54, 1.807) is 0 Å². The molecule has 1 aromatic carbocycles. The summed E-state index contributed by atoms with van der Waals surface area (Å²) in [5.74, 6) is 5.80. The minimum atomic E-state index is -0.904. The number of hydrogen-bond acceptors (Lipinski definition) is 3. The second-order valence-corrected chi connectivity index (χ2v) is 5.81. The number of aromatic nitrogens is 1. The molecule has 5 heteroatoms. The zero-order valence-electron chi connectivity index (χ0n) is 11.3. The van der Waals surface area contributed by atoms with E-state index in [4.69, 9.17) is 0 Å². The average Bonchev–Trinajstić information content (AvgIpc) is 3.14. The number of rotatable bonds is 1. The van der Waals surface area contributed by atoms with Crippen LogP contribution in [-0.4, -0.2) is 35.1 Å². The van der Waals surface area contributed by atoms with Gasteiger partial charge in [0.1, 0.15) is 11.0 Å². The van der Waals surface area contributed by atoms with Crippen LogP contribution in [-0.2, 0) is 0 Å². The molecule has 1 saturated heterocycles. The van der Waals surface area contributed by atoms with Gasteiger partial charge in [-0.25, -0.2) is 9.37 Å². The molecule has 21 heavy (non-hydrogen) atoms. The molecular formula is C16H13FN2OS. The normalized spacial score (nSPS) is 17.4. The first-order valence-corrected chi connectivity index (χ1v) is 7.50.